The third-order valence-electron chi connectivity index (χ3n) is 4.94. The van der Waals surface area contributed by atoms with Crippen LogP contribution in [0, 0.1) is 13.8 Å². The first-order chi connectivity index (χ1) is 12.3. The predicted octanol–water partition coefficient (Wildman–Crippen LogP) is 5.32. The number of benzene rings is 3. The van der Waals surface area contributed by atoms with Crippen molar-refractivity contribution in [2.75, 3.05) is 0 Å². The maximum absolute atomic E-state index is 4.59. The molecule has 0 spiro atoms. The molecule has 5 aromatic rings. The second kappa shape index (κ2) is 5.15. The number of nitrogens with zero attached hydrogens (tertiary/aromatic N) is 3. The zero-order valence-corrected chi connectivity index (χ0v) is 14.2. The van der Waals surface area contributed by atoms with Crippen LogP contribution in [0.4, 0.5) is 0 Å². The third kappa shape index (κ3) is 1.92. The maximum Gasteiger partial charge on any atom is 0.169 e. The van der Waals surface area contributed by atoms with Crippen LogP contribution in [-0.2, 0) is 0 Å². The van der Waals surface area contributed by atoms with E-state index < -0.39 is 0 Å². The molecule has 0 unspecified atom stereocenters. The molecule has 0 bridgehead atoms. The van der Waals surface area contributed by atoms with Crippen molar-refractivity contribution in [3.8, 4) is 11.4 Å². The third-order valence-corrected chi connectivity index (χ3v) is 4.94. The lowest BCUT2D eigenvalue weighted by Crippen LogP contribution is -1.97. The average Bonchev–Trinajstić information content (AvgIpc) is 3.07. The van der Waals surface area contributed by atoms with Gasteiger partial charge in [0.15, 0.2) is 11.5 Å². The number of hydrogen-bond donors (Lipinski definition) is 0. The number of para-hydroxylation sites is 1. The molecule has 0 fully saturated rings. The normalized spacial score (nSPS) is 11.6. The van der Waals surface area contributed by atoms with Gasteiger partial charge in [-0.1, -0.05) is 66.7 Å². The summed E-state index contributed by atoms with van der Waals surface area (Å²) in [5.41, 5.74) is 5.63. The highest BCUT2D eigenvalue weighted by molar-refractivity contribution is 6.13. The van der Waals surface area contributed by atoms with E-state index in [1.54, 1.807) is 0 Å². The lowest BCUT2D eigenvalue weighted by molar-refractivity contribution is 1.12. The number of hydrogen-bond acceptors (Lipinski definition) is 2. The summed E-state index contributed by atoms with van der Waals surface area (Å²) in [6, 6.07) is 23.2. The Hall–Kier alpha value is -3.20. The van der Waals surface area contributed by atoms with Gasteiger partial charge in [0, 0.05) is 16.3 Å². The van der Waals surface area contributed by atoms with E-state index in [1.807, 2.05) is 18.2 Å². The molecule has 0 amide bonds. The fourth-order valence-corrected chi connectivity index (χ4v) is 3.79. The molecule has 0 aliphatic carbocycles. The number of pyridine rings is 1. The van der Waals surface area contributed by atoms with Crippen LogP contribution in [0.25, 0.3) is 38.7 Å². The molecule has 3 heteroatoms. The lowest BCUT2D eigenvalue weighted by Gasteiger charge is -2.13. The largest absolute Gasteiger partial charge is 0.274 e. The zero-order valence-electron chi connectivity index (χ0n) is 14.2. The summed E-state index contributed by atoms with van der Waals surface area (Å²) in [5.74, 6) is 0.889. The minimum absolute atomic E-state index is 0.889. The Morgan fingerprint density at radius 2 is 1.40 bits per heavy atom. The first-order valence-electron chi connectivity index (χ1n) is 8.47. The van der Waals surface area contributed by atoms with Crippen LogP contribution in [0.1, 0.15) is 11.1 Å². The Labute approximate surface area is 145 Å². The molecule has 0 aliphatic rings. The summed E-state index contributed by atoms with van der Waals surface area (Å²) >= 11 is 0. The maximum atomic E-state index is 4.59. The summed E-state index contributed by atoms with van der Waals surface area (Å²) in [7, 11) is 0. The van der Waals surface area contributed by atoms with Gasteiger partial charge in [-0.2, -0.15) is 0 Å². The van der Waals surface area contributed by atoms with Crippen LogP contribution >= 0.6 is 0 Å². The van der Waals surface area contributed by atoms with E-state index >= 15 is 0 Å². The van der Waals surface area contributed by atoms with E-state index in [4.69, 9.17) is 0 Å². The molecule has 0 aliphatic heterocycles. The van der Waals surface area contributed by atoms with Crippen LogP contribution in [0.5, 0.6) is 0 Å². The highest BCUT2D eigenvalue weighted by Crippen LogP contribution is 2.34. The Bertz CT molecular complexity index is 1250. The van der Waals surface area contributed by atoms with Gasteiger partial charge < -0.3 is 0 Å². The quantitative estimate of drug-likeness (QED) is 0.391. The van der Waals surface area contributed by atoms with Gasteiger partial charge in [0.25, 0.3) is 0 Å². The minimum Gasteiger partial charge on any atom is -0.274 e. The molecule has 3 aromatic carbocycles. The number of rotatable bonds is 1. The van der Waals surface area contributed by atoms with E-state index in [0.717, 1.165) is 17.0 Å². The molecule has 3 nitrogen and oxygen atoms in total. The molecule has 2 aromatic heterocycles. The van der Waals surface area contributed by atoms with Gasteiger partial charge in [0.05, 0.1) is 5.52 Å². The van der Waals surface area contributed by atoms with Gasteiger partial charge in [-0.15, -0.1) is 10.2 Å². The van der Waals surface area contributed by atoms with Crippen LogP contribution in [0.3, 0.4) is 0 Å². The Morgan fingerprint density at radius 3 is 2.20 bits per heavy atom. The first kappa shape index (κ1) is 14.2. The van der Waals surface area contributed by atoms with Crippen molar-refractivity contribution < 1.29 is 0 Å². The molecule has 25 heavy (non-hydrogen) atoms. The number of aromatic nitrogens is 3. The highest BCUT2D eigenvalue weighted by Gasteiger charge is 2.17. The fourth-order valence-electron chi connectivity index (χ4n) is 3.79. The Morgan fingerprint density at radius 1 is 0.680 bits per heavy atom. The molecular formula is C22H17N3. The molecule has 120 valence electrons. The van der Waals surface area contributed by atoms with E-state index in [-0.39, 0.29) is 0 Å². The number of fused-ring (bicyclic) bond motifs is 6. The molecule has 5 rings (SSSR count). The SMILES string of the molecule is Cc1cccc2c3cccc(C)c3n3c(-c4ccccc4)nnc3c12. The second-order valence-electron chi connectivity index (χ2n) is 6.52. The Balaban J connectivity index is 2.11. The van der Waals surface area contributed by atoms with E-state index in [1.165, 1.54) is 32.8 Å². The highest BCUT2D eigenvalue weighted by atomic mass is 15.2. The summed E-state index contributed by atoms with van der Waals surface area (Å²) in [4.78, 5) is 0. The molecule has 0 radical (unpaired) electrons. The van der Waals surface area contributed by atoms with Crippen molar-refractivity contribution in [1.29, 1.82) is 0 Å². The molecule has 0 saturated heterocycles. The monoisotopic (exact) mass is 323 g/mol. The van der Waals surface area contributed by atoms with Crippen LogP contribution in [0.15, 0.2) is 66.7 Å². The summed E-state index contributed by atoms with van der Waals surface area (Å²) in [6.07, 6.45) is 0. The van der Waals surface area contributed by atoms with Crippen LogP contribution < -0.4 is 0 Å². The average molecular weight is 323 g/mol. The first-order valence-corrected chi connectivity index (χ1v) is 8.47. The Kier molecular flexibility index (Phi) is 2.92. The van der Waals surface area contributed by atoms with Crippen molar-refractivity contribution in [2.45, 2.75) is 13.8 Å². The molecule has 0 N–H and O–H groups in total. The molecule has 0 saturated carbocycles. The van der Waals surface area contributed by atoms with E-state index in [2.05, 4.69) is 77.0 Å². The van der Waals surface area contributed by atoms with Gasteiger partial charge in [-0.05, 0) is 30.4 Å². The lowest BCUT2D eigenvalue weighted by atomic mass is 10.0. The topological polar surface area (TPSA) is 30.2 Å². The van der Waals surface area contributed by atoms with Crippen molar-refractivity contribution in [1.82, 2.24) is 14.6 Å². The van der Waals surface area contributed by atoms with Crippen molar-refractivity contribution in [2.24, 2.45) is 0 Å². The summed E-state index contributed by atoms with van der Waals surface area (Å²) < 4.78 is 2.22. The molecule has 0 atom stereocenters. The number of aryl methyl sites for hydroxylation is 2. The summed E-state index contributed by atoms with van der Waals surface area (Å²) in [5, 5.41) is 12.8. The van der Waals surface area contributed by atoms with Crippen molar-refractivity contribution >= 4 is 27.3 Å². The molecule has 2 heterocycles. The fraction of sp³-hybridized carbons (Fsp3) is 0.0909. The zero-order chi connectivity index (χ0) is 17.0. The van der Waals surface area contributed by atoms with E-state index in [0.29, 0.717) is 0 Å². The van der Waals surface area contributed by atoms with Crippen LogP contribution in [-0.4, -0.2) is 14.6 Å². The van der Waals surface area contributed by atoms with Crippen molar-refractivity contribution in [3.63, 3.8) is 0 Å². The van der Waals surface area contributed by atoms with Gasteiger partial charge in [0.2, 0.25) is 0 Å². The predicted molar refractivity (Wildman–Crippen MR) is 103 cm³/mol. The van der Waals surface area contributed by atoms with Gasteiger partial charge in [0.1, 0.15) is 0 Å². The second-order valence-corrected chi connectivity index (χ2v) is 6.52. The smallest absolute Gasteiger partial charge is 0.169 e. The summed E-state index contributed by atoms with van der Waals surface area (Å²) in [6.45, 7) is 4.29. The van der Waals surface area contributed by atoms with E-state index in [9.17, 15) is 0 Å². The molecular weight excluding hydrogens is 306 g/mol. The standard InChI is InChI=1S/C22H17N3/c1-14-8-6-12-17-18-13-7-9-15(2)20(18)25-21(16-10-4-3-5-11-16)23-24-22(25)19(14)17/h3-13H,1-2H3. The van der Waals surface area contributed by atoms with Crippen LogP contribution in [0.2, 0.25) is 0 Å². The van der Waals surface area contributed by atoms with Gasteiger partial charge >= 0.3 is 0 Å². The van der Waals surface area contributed by atoms with Gasteiger partial charge in [-0.3, -0.25) is 4.40 Å². The van der Waals surface area contributed by atoms with Gasteiger partial charge in [-0.25, -0.2) is 0 Å². The van der Waals surface area contributed by atoms with Crippen molar-refractivity contribution in [3.05, 3.63) is 77.9 Å². The minimum atomic E-state index is 0.889.